The van der Waals surface area contributed by atoms with Crippen molar-refractivity contribution in [1.29, 1.82) is 0 Å². The van der Waals surface area contributed by atoms with Crippen LogP contribution in [0.4, 0.5) is 19.1 Å². The van der Waals surface area contributed by atoms with Crippen LogP contribution in [0.2, 0.25) is 0 Å². The first kappa shape index (κ1) is 19.6. The lowest BCUT2D eigenvalue weighted by Gasteiger charge is -2.16. The standard InChI is InChI=1S/C19H18F3N5O/c1-11-9-13(10-14(25-11)19(20,21)22)15-16(12-5-3-2-4-6-12)26-18(24)27-17(15)28-8-7-23/h2-6,9-10H,7-8,23H2,1H3,(H2,24,26,27). The van der Waals surface area contributed by atoms with Gasteiger partial charge in [0, 0.05) is 17.8 Å². The number of hydrogen-bond acceptors (Lipinski definition) is 6. The molecule has 28 heavy (non-hydrogen) atoms. The molecule has 3 aromatic rings. The molecule has 0 atom stereocenters. The summed E-state index contributed by atoms with van der Waals surface area (Å²) in [4.78, 5) is 11.9. The van der Waals surface area contributed by atoms with Crippen LogP contribution in [0.3, 0.4) is 0 Å². The monoisotopic (exact) mass is 389 g/mol. The van der Waals surface area contributed by atoms with E-state index in [2.05, 4.69) is 15.0 Å². The van der Waals surface area contributed by atoms with Crippen LogP contribution < -0.4 is 16.2 Å². The van der Waals surface area contributed by atoms with E-state index in [1.807, 2.05) is 6.07 Å². The number of halogens is 3. The van der Waals surface area contributed by atoms with E-state index < -0.39 is 11.9 Å². The van der Waals surface area contributed by atoms with Crippen molar-refractivity contribution in [2.75, 3.05) is 18.9 Å². The van der Waals surface area contributed by atoms with E-state index in [1.54, 1.807) is 24.3 Å². The lowest BCUT2D eigenvalue weighted by Crippen LogP contribution is -2.14. The van der Waals surface area contributed by atoms with Crippen molar-refractivity contribution in [3.05, 3.63) is 53.9 Å². The zero-order chi connectivity index (χ0) is 20.3. The molecule has 146 valence electrons. The Kier molecular flexibility index (Phi) is 5.46. The summed E-state index contributed by atoms with van der Waals surface area (Å²) in [6, 6.07) is 11.4. The Morgan fingerprint density at radius 2 is 1.71 bits per heavy atom. The Balaban J connectivity index is 2.30. The Labute approximate surface area is 159 Å². The molecule has 3 rings (SSSR count). The smallest absolute Gasteiger partial charge is 0.433 e. The molecule has 0 bridgehead atoms. The molecule has 2 heterocycles. The molecule has 1 aromatic carbocycles. The summed E-state index contributed by atoms with van der Waals surface area (Å²) in [5.41, 5.74) is 12.0. The van der Waals surface area contributed by atoms with Crippen molar-refractivity contribution in [3.8, 4) is 28.3 Å². The molecule has 9 heteroatoms. The van der Waals surface area contributed by atoms with Gasteiger partial charge in [-0.3, -0.25) is 0 Å². The van der Waals surface area contributed by atoms with Gasteiger partial charge in [-0.15, -0.1) is 0 Å². The van der Waals surface area contributed by atoms with Crippen LogP contribution in [0.25, 0.3) is 22.4 Å². The maximum atomic E-state index is 13.3. The van der Waals surface area contributed by atoms with Crippen molar-refractivity contribution in [2.45, 2.75) is 13.1 Å². The highest BCUT2D eigenvalue weighted by Gasteiger charge is 2.33. The summed E-state index contributed by atoms with van der Waals surface area (Å²) in [5.74, 6) is 0.00646. The van der Waals surface area contributed by atoms with E-state index in [9.17, 15) is 13.2 Å². The minimum atomic E-state index is -4.60. The second-order valence-corrected chi connectivity index (χ2v) is 5.99. The molecule has 0 saturated heterocycles. The molecule has 4 N–H and O–H groups in total. The first-order valence-electron chi connectivity index (χ1n) is 8.41. The van der Waals surface area contributed by atoms with Crippen LogP contribution in [-0.2, 0) is 6.18 Å². The number of pyridine rings is 1. The second kappa shape index (κ2) is 7.81. The number of anilines is 1. The van der Waals surface area contributed by atoms with Crippen molar-refractivity contribution in [1.82, 2.24) is 15.0 Å². The highest BCUT2D eigenvalue weighted by atomic mass is 19.4. The molecule has 0 aliphatic heterocycles. The van der Waals surface area contributed by atoms with Gasteiger partial charge < -0.3 is 16.2 Å². The molecule has 2 aromatic heterocycles. The van der Waals surface area contributed by atoms with Gasteiger partial charge in [0.2, 0.25) is 11.8 Å². The second-order valence-electron chi connectivity index (χ2n) is 5.99. The predicted molar refractivity (Wildman–Crippen MR) is 99.4 cm³/mol. The Morgan fingerprint density at radius 1 is 1.00 bits per heavy atom. The maximum Gasteiger partial charge on any atom is 0.433 e. The van der Waals surface area contributed by atoms with E-state index in [0.29, 0.717) is 16.8 Å². The Bertz CT molecular complexity index is 977. The minimum absolute atomic E-state index is 0.0588. The summed E-state index contributed by atoms with van der Waals surface area (Å²) < 4.78 is 45.5. The van der Waals surface area contributed by atoms with Gasteiger partial charge >= 0.3 is 6.18 Å². The minimum Gasteiger partial charge on any atom is -0.476 e. The maximum absolute atomic E-state index is 13.3. The molecule has 0 aliphatic carbocycles. The lowest BCUT2D eigenvalue weighted by atomic mass is 9.99. The highest BCUT2D eigenvalue weighted by Crippen LogP contribution is 2.39. The summed E-state index contributed by atoms with van der Waals surface area (Å²) in [5, 5.41) is 0. The van der Waals surface area contributed by atoms with Crippen molar-refractivity contribution in [2.24, 2.45) is 5.73 Å². The van der Waals surface area contributed by atoms with Crippen LogP contribution in [0.15, 0.2) is 42.5 Å². The SMILES string of the molecule is Cc1cc(-c2c(OCCN)nc(N)nc2-c2ccccc2)cc(C(F)(F)F)n1. The molecule has 0 radical (unpaired) electrons. The van der Waals surface area contributed by atoms with Gasteiger partial charge in [0.1, 0.15) is 12.3 Å². The van der Waals surface area contributed by atoms with Gasteiger partial charge in [0.05, 0.1) is 11.3 Å². The molecule has 0 saturated carbocycles. The first-order valence-corrected chi connectivity index (χ1v) is 8.41. The summed E-state index contributed by atoms with van der Waals surface area (Å²) in [7, 11) is 0. The summed E-state index contributed by atoms with van der Waals surface area (Å²) >= 11 is 0. The topological polar surface area (TPSA) is 99.9 Å². The van der Waals surface area contributed by atoms with Gasteiger partial charge in [0.15, 0.2) is 0 Å². The number of aryl methyl sites for hydroxylation is 1. The molecule has 0 unspecified atom stereocenters. The fourth-order valence-electron chi connectivity index (χ4n) is 2.74. The third-order valence-corrected chi connectivity index (χ3v) is 3.83. The third-order valence-electron chi connectivity index (χ3n) is 3.83. The largest absolute Gasteiger partial charge is 0.476 e. The zero-order valence-corrected chi connectivity index (χ0v) is 15.0. The Morgan fingerprint density at radius 3 is 2.36 bits per heavy atom. The fraction of sp³-hybridized carbons (Fsp3) is 0.211. The average molecular weight is 389 g/mol. The van der Waals surface area contributed by atoms with Crippen molar-refractivity contribution < 1.29 is 17.9 Å². The lowest BCUT2D eigenvalue weighted by molar-refractivity contribution is -0.141. The van der Waals surface area contributed by atoms with Crippen LogP contribution in [-0.4, -0.2) is 28.1 Å². The predicted octanol–water partition coefficient (Wildman–Crippen LogP) is 3.45. The van der Waals surface area contributed by atoms with E-state index in [4.69, 9.17) is 16.2 Å². The number of rotatable bonds is 5. The van der Waals surface area contributed by atoms with Gasteiger partial charge in [0.25, 0.3) is 0 Å². The van der Waals surface area contributed by atoms with Crippen molar-refractivity contribution >= 4 is 5.95 Å². The van der Waals surface area contributed by atoms with Gasteiger partial charge in [-0.25, -0.2) is 9.97 Å². The average Bonchev–Trinajstić information content (AvgIpc) is 2.65. The number of hydrogen-bond donors (Lipinski definition) is 2. The number of benzene rings is 1. The van der Waals surface area contributed by atoms with Gasteiger partial charge in [-0.1, -0.05) is 30.3 Å². The van der Waals surface area contributed by atoms with Crippen LogP contribution in [0.5, 0.6) is 5.88 Å². The zero-order valence-electron chi connectivity index (χ0n) is 15.0. The van der Waals surface area contributed by atoms with Crippen LogP contribution >= 0.6 is 0 Å². The molecule has 6 nitrogen and oxygen atoms in total. The number of nitrogen functional groups attached to an aromatic ring is 1. The molecular weight excluding hydrogens is 371 g/mol. The van der Waals surface area contributed by atoms with Gasteiger partial charge in [-0.05, 0) is 24.6 Å². The van der Waals surface area contributed by atoms with E-state index >= 15 is 0 Å². The fourth-order valence-corrected chi connectivity index (χ4v) is 2.74. The number of nitrogens with zero attached hydrogens (tertiary/aromatic N) is 3. The number of aromatic nitrogens is 3. The number of nitrogens with two attached hydrogens (primary N) is 2. The molecule has 0 fully saturated rings. The molecule has 0 amide bonds. The molecule has 0 aliphatic rings. The molecular formula is C19H18F3N5O. The van der Waals surface area contributed by atoms with E-state index in [1.165, 1.54) is 13.0 Å². The molecule has 0 spiro atoms. The van der Waals surface area contributed by atoms with Crippen LogP contribution in [0.1, 0.15) is 11.4 Å². The summed E-state index contributed by atoms with van der Waals surface area (Å²) in [6.45, 7) is 1.81. The third kappa shape index (κ3) is 4.20. The summed E-state index contributed by atoms with van der Waals surface area (Å²) in [6.07, 6.45) is -4.60. The van der Waals surface area contributed by atoms with Crippen LogP contribution in [0, 0.1) is 6.92 Å². The highest BCUT2D eigenvalue weighted by molar-refractivity contribution is 5.85. The van der Waals surface area contributed by atoms with E-state index in [-0.39, 0.29) is 36.2 Å². The van der Waals surface area contributed by atoms with E-state index in [0.717, 1.165) is 6.07 Å². The first-order chi connectivity index (χ1) is 13.3. The number of alkyl halides is 3. The normalized spacial score (nSPS) is 11.5. The van der Waals surface area contributed by atoms with Gasteiger partial charge in [-0.2, -0.15) is 18.2 Å². The quantitative estimate of drug-likeness (QED) is 0.693. The van der Waals surface area contributed by atoms with Crippen molar-refractivity contribution in [3.63, 3.8) is 0 Å². The number of ether oxygens (including phenoxy) is 1. The Hall–Kier alpha value is -3.20.